The van der Waals surface area contributed by atoms with Gasteiger partial charge in [0.05, 0.1) is 5.69 Å². The van der Waals surface area contributed by atoms with Crippen LogP contribution in [0.2, 0.25) is 0 Å². The summed E-state index contributed by atoms with van der Waals surface area (Å²) >= 11 is 0. The number of benzene rings is 3. The van der Waals surface area contributed by atoms with Crippen LogP contribution in [0.1, 0.15) is 26.3 Å². The lowest BCUT2D eigenvalue weighted by Gasteiger charge is -2.27. The van der Waals surface area contributed by atoms with Gasteiger partial charge < -0.3 is 0 Å². The van der Waals surface area contributed by atoms with Gasteiger partial charge in [-0.15, -0.1) is 0 Å². The number of hydrogen-bond acceptors (Lipinski definition) is 2. The predicted octanol–water partition coefficient (Wildman–Crippen LogP) is 3.95. The summed E-state index contributed by atoms with van der Waals surface area (Å²) in [7, 11) is 0. The first-order valence-corrected chi connectivity index (χ1v) is 7.14. The van der Waals surface area contributed by atoms with Gasteiger partial charge >= 0.3 is 0 Å². The molecule has 0 spiro atoms. The van der Waals surface area contributed by atoms with Gasteiger partial charge in [-0.25, -0.2) is 4.90 Å². The predicted molar refractivity (Wildman–Crippen MR) is 86.3 cm³/mol. The maximum atomic E-state index is 12.8. The fourth-order valence-electron chi connectivity index (χ4n) is 3.05. The summed E-state index contributed by atoms with van der Waals surface area (Å²) in [6, 6.07) is 18.4. The van der Waals surface area contributed by atoms with Crippen molar-refractivity contribution >= 4 is 28.3 Å². The number of imide groups is 1. The van der Waals surface area contributed by atoms with Crippen molar-refractivity contribution in [1.29, 1.82) is 0 Å². The SMILES string of the molecule is Cc1ccc2c3c(cccc13)C(=O)N(c1ccccc1)C2=O. The molecule has 0 radical (unpaired) electrons. The summed E-state index contributed by atoms with van der Waals surface area (Å²) in [5, 5.41) is 1.73. The van der Waals surface area contributed by atoms with Gasteiger partial charge in [0.15, 0.2) is 0 Å². The van der Waals surface area contributed by atoms with E-state index in [0.29, 0.717) is 16.8 Å². The molecule has 0 N–H and O–H groups in total. The van der Waals surface area contributed by atoms with Crippen LogP contribution in [0, 0.1) is 6.92 Å². The van der Waals surface area contributed by atoms with Gasteiger partial charge in [0.2, 0.25) is 0 Å². The average molecular weight is 287 g/mol. The highest BCUT2D eigenvalue weighted by Crippen LogP contribution is 2.33. The first-order chi connectivity index (χ1) is 10.7. The van der Waals surface area contributed by atoms with Crippen molar-refractivity contribution in [1.82, 2.24) is 0 Å². The first kappa shape index (κ1) is 12.8. The van der Waals surface area contributed by atoms with E-state index in [4.69, 9.17) is 0 Å². The van der Waals surface area contributed by atoms with E-state index in [-0.39, 0.29) is 11.8 Å². The van der Waals surface area contributed by atoms with Gasteiger partial charge in [-0.1, -0.05) is 36.4 Å². The maximum absolute atomic E-state index is 12.8. The molecule has 0 saturated carbocycles. The summed E-state index contributed by atoms with van der Waals surface area (Å²) in [6.45, 7) is 1.99. The van der Waals surface area contributed by atoms with Crippen molar-refractivity contribution in [3.8, 4) is 0 Å². The molecule has 0 saturated heterocycles. The number of carbonyl (C=O) groups excluding carboxylic acids is 2. The van der Waals surface area contributed by atoms with Crippen molar-refractivity contribution in [2.24, 2.45) is 0 Å². The van der Waals surface area contributed by atoms with Crippen LogP contribution in [0.3, 0.4) is 0 Å². The molecular weight excluding hydrogens is 274 g/mol. The Morgan fingerprint density at radius 3 is 2.14 bits per heavy atom. The van der Waals surface area contributed by atoms with Gasteiger partial charge in [0, 0.05) is 16.5 Å². The zero-order chi connectivity index (χ0) is 15.3. The van der Waals surface area contributed by atoms with Gasteiger partial charge in [-0.3, -0.25) is 9.59 Å². The Hall–Kier alpha value is -2.94. The largest absolute Gasteiger partial charge is 0.268 e. The summed E-state index contributed by atoms with van der Waals surface area (Å²) < 4.78 is 0. The molecular formula is C19H13NO2. The third kappa shape index (κ3) is 1.62. The van der Waals surface area contributed by atoms with E-state index in [1.54, 1.807) is 18.2 Å². The number of aryl methyl sites for hydroxylation is 1. The van der Waals surface area contributed by atoms with Crippen molar-refractivity contribution < 1.29 is 9.59 Å². The molecule has 0 atom stereocenters. The maximum Gasteiger partial charge on any atom is 0.265 e. The molecule has 0 aromatic heterocycles. The molecule has 0 aliphatic carbocycles. The van der Waals surface area contributed by atoms with Crippen LogP contribution in [0.4, 0.5) is 5.69 Å². The Balaban J connectivity index is 2.03. The van der Waals surface area contributed by atoms with Crippen LogP contribution in [0.5, 0.6) is 0 Å². The van der Waals surface area contributed by atoms with Crippen molar-refractivity contribution in [2.45, 2.75) is 6.92 Å². The first-order valence-electron chi connectivity index (χ1n) is 7.14. The molecule has 3 heteroatoms. The fraction of sp³-hybridized carbons (Fsp3) is 0.0526. The lowest BCUT2D eigenvalue weighted by atomic mass is 9.91. The van der Waals surface area contributed by atoms with Crippen LogP contribution >= 0.6 is 0 Å². The number of amides is 2. The van der Waals surface area contributed by atoms with Gasteiger partial charge in [0.1, 0.15) is 0 Å². The molecule has 3 aromatic rings. The molecule has 106 valence electrons. The number of para-hydroxylation sites is 1. The topological polar surface area (TPSA) is 37.4 Å². The fourth-order valence-corrected chi connectivity index (χ4v) is 3.05. The Morgan fingerprint density at radius 1 is 0.727 bits per heavy atom. The minimum Gasteiger partial charge on any atom is -0.268 e. The van der Waals surface area contributed by atoms with Crippen LogP contribution in [-0.4, -0.2) is 11.8 Å². The second-order valence-corrected chi connectivity index (χ2v) is 5.44. The molecule has 1 heterocycles. The number of anilines is 1. The summed E-state index contributed by atoms with van der Waals surface area (Å²) in [6.07, 6.45) is 0. The molecule has 0 fully saturated rings. The second-order valence-electron chi connectivity index (χ2n) is 5.44. The highest BCUT2D eigenvalue weighted by Gasteiger charge is 2.33. The van der Waals surface area contributed by atoms with E-state index < -0.39 is 0 Å². The Kier molecular flexibility index (Phi) is 2.63. The average Bonchev–Trinajstić information content (AvgIpc) is 2.55. The molecule has 1 aliphatic rings. The Bertz CT molecular complexity index is 907. The molecule has 0 unspecified atom stereocenters. The highest BCUT2D eigenvalue weighted by atomic mass is 16.2. The van der Waals surface area contributed by atoms with Crippen molar-refractivity contribution in [2.75, 3.05) is 4.90 Å². The summed E-state index contributed by atoms with van der Waals surface area (Å²) in [4.78, 5) is 26.9. The Labute approximate surface area is 127 Å². The third-order valence-electron chi connectivity index (χ3n) is 4.14. The molecule has 1 aliphatic heterocycles. The van der Waals surface area contributed by atoms with Crippen LogP contribution in [-0.2, 0) is 0 Å². The normalized spacial score (nSPS) is 13.8. The van der Waals surface area contributed by atoms with E-state index in [2.05, 4.69) is 0 Å². The standard InChI is InChI=1S/C19H13NO2/c1-12-10-11-16-17-14(12)8-5-9-15(17)18(21)20(19(16)22)13-6-3-2-4-7-13/h2-11H,1H3. The van der Waals surface area contributed by atoms with E-state index >= 15 is 0 Å². The summed E-state index contributed by atoms with van der Waals surface area (Å²) in [5.74, 6) is -0.528. The van der Waals surface area contributed by atoms with E-state index in [1.807, 2.05) is 49.4 Å². The number of nitrogens with zero attached hydrogens (tertiary/aromatic N) is 1. The van der Waals surface area contributed by atoms with Gasteiger partial charge in [0.25, 0.3) is 11.8 Å². The lowest BCUT2D eigenvalue weighted by Crippen LogP contribution is -2.40. The zero-order valence-electron chi connectivity index (χ0n) is 12.0. The van der Waals surface area contributed by atoms with Gasteiger partial charge in [-0.05, 0) is 42.1 Å². The number of rotatable bonds is 1. The van der Waals surface area contributed by atoms with Crippen LogP contribution in [0.15, 0.2) is 60.7 Å². The van der Waals surface area contributed by atoms with Crippen LogP contribution in [0.25, 0.3) is 10.8 Å². The van der Waals surface area contributed by atoms with E-state index in [0.717, 1.165) is 16.3 Å². The quantitative estimate of drug-likeness (QED) is 0.635. The molecule has 0 bridgehead atoms. The van der Waals surface area contributed by atoms with Crippen molar-refractivity contribution in [3.05, 3.63) is 77.4 Å². The zero-order valence-corrected chi connectivity index (χ0v) is 12.0. The smallest absolute Gasteiger partial charge is 0.265 e. The van der Waals surface area contributed by atoms with E-state index in [1.165, 1.54) is 4.90 Å². The highest BCUT2D eigenvalue weighted by molar-refractivity contribution is 6.35. The number of hydrogen-bond donors (Lipinski definition) is 0. The molecule has 22 heavy (non-hydrogen) atoms. The molecule has 4 rings (SSSR count). The van der Waals surface area contributed by atoms with Crippen LogP contribution < -0.4 is 4.90 Å². The number of carbonyl (C=O) groups is 2. The van der Waals surface area contributed by atoms with E-state index in [9.17, 15) is 9.59 Å². The molecule has 3 aromatic carbocycles. The molecule has 2 amide bonds. The third-order valence-corrected chi connectivity index (χ3v) is 4.14. The molecule has 3 nitrogen and oxygen atoms in total. The minimum absolute atomic E-state index is 0.264. The summed E-state index contributed by atoms with van der Waals surface area (Å²) in [5.41, 5.74) is 2.83. The lowest BCUT2D eigenvalue weighted by molar-refractivity contribution is 0.0893. The minimum atomic E-state index is -0.264. The monoisotopic (exact) mass is 287 g/mol. The second kappa shape index (κ2) is 4.53. The van der Waals surface area contributed by atoms with Gasteiger partial charge in [-0.2, -0.15) is 0 Å². The van der Waals surface area contributed by atoms with Crippen molar-refractivity contribution in [3.63, 3.8) is 0 Å². The Morgan fingerprint density at radius 2 is 1.41 bits per heavy atom.